The average molecular weight is 263 g/mol. The van der Waals surface area contributed by atoms with E-state index >= 15 is 0 Å². The monoisotopic (exact) mass is 262 g/mol. The van der Waals surface area contributed by atoms with Gasteiger partial charge in [0.2, 0.25) is 0 Å². The number of amides is 1. The van der Waals surface area contributed by atoms with Gasteiger partial charge in [-0.3, -0.25) is 10.7 Å². The quantitative estimate of drug-likeness (QED) is 0.752. The average Bonchev–Trinajstić information content (AvgIpc) is 1.77. The first kappa shape index (κ1) is 13.2. The highest BCUT2D eigenvalue weighted by Gasteiger charge is 2.15. The van der Waals surface area contributed by atoms with E-state index in [0.29, 0.717) is 5.70 Å². The van der Waals surface area contributed by atoms with Crippen molar-refractivity contribution >= 4 is 26.6 Å². The van der Waals surface area contributed by atoms with E-state index in [0.717, 1.165) is 0 Å². The Labute approximate surface area is 92.3 Å². The topological polar surface area (TPSA) is 62.2 Å². The minimum Gasteiger partial charge on any atom is -0.444 e. The summed E-state index contributed by atoms with van der Waals surface area (Å²) in [6, 6.07) is 0. The van der Waals surface area contributed by atoms with Gasteiger partial charge in [0.1, 0.15) is 5.60 Å². The molecule has 0 rings (SSSR count). The molecule has 14 heavy (non-hydrogen) atoms. The van der Waals surface area contributed by atoms with Crippen molar-refractivity contribution in [2.75, 3.05) is 0 Å². The molecule has 0 aliphatic rings. The van der Waals surface area contributed by atoms with Gasteiger partial charge in [0, 0.05) is 5.70 Å². The zero-order valence-corrected chi connectivity index (χ0v) is 10.4. The van der Waals surface area contributed by atoms with E-state index in [1.54, 1.807) is 27.7 Å². The van der Waals surface area contributed by atoms with Crippen molar-refractivity contribution in [1.82, 2.24) is 5.32 Å². The lowest BCUT2D eigenvalue weighted by Gasteiger charge is -2.19. The highest BCUT2D eigenvalue weighted by molar-refractivity contribution is 9.18. The van der Waals surface area contributed by atoms with Gasteiger partial charge in [0.25, 0.3) is 0 Å². The number of alkyl carbamates (subject to hydrolysis) is 1. The summed E-state index contributed by atoms with van der Waals surface area (Å²) in [6.45, 7) is 7.05. The van der Waals surface area contributed by atoms with Crippen molar-refractivity contribution in [3.8, 4) is 0 Å². The van der Waals surface area contributed by atoms with Crippen LogP contribution in [0.1, 0.15) is 27.7 Å². The number of carbonyl (C=O) groups excluding carboxylic acids is 1. The van der Waals surface area contributed by atoms with Gasteiger partial charge in [-0.1, -0.05) is 0 Å². The van der Waals surface area contributed by atoms with Crippen molar-refractivity contribution in [1.29, 1.82) is 5.41 Å². The largest absolute Gasteiger partial charge is 0.444 e. The third kappa shape index (κ3) is 7.79. The van der Waals surface area contributed by atoms with Crippen LogP contribution in [0, 0.1) is 5.41 Å². The van der Waals surface area contributed by atoms with Crippen molar-refractivity contribution in [3.63, 3.8) is 0 Å². The predicted octanol–water partition coefficient (Wildman–Crippen LogP) is 2.79. The number of nitrogens with one attached hydrogen (secondary N) is 2. The maximum absolute atomic E-state index is 11.2. The molecule has 5 heteroatoms. The second kappa shape index (κ2) is 5.14. The van der Waals surface area contributed by atoms with E-state index in [4.69, 9.17) is 10.1 Å². The summed E-state index contributed by atoms with van der Waals surface area (Å²) < 4.78 is 5.21. The van der Waals surface area contributed by atoms with Crippen LogP contribution in [0.25, 0.3) is 0 Å². The summed E-state index contributed by atoms with van der Waals surface area (Å²) in [5.41, 5.74) is 0.0489. The van der Waals surface area contributed by atoms with Gasteiger partial charge >= 0.3 is 6.09 Å². The molecule has 0 aromatic carbocycles. The Balaban J connectivity index is 4.14. The van der Waals surface area contributed by atoms with Crippen LogP contribution >= 0.6 is 15.9 Å². The summed E-state index contributed by atoms with van der Waals surface area (Å²) in [4.78, 5) is 11.2. The molecule has 0 bridgehead atoms. The smallest absolute Gasteiger partial charge is 0.411 e. The number of hydrogen-bond acceptors (Lipinski definition) is 3. The molecular formula is C9H15BrN2O2. The normalized spacial score (nSPS) is 12.2. The van der Waals surface area contributed by atoms with Crippen LogP contribution < -0.4 is 5.32 Å². The van der Waals surface area contributed by atoms with Gasteiger partial charge in [-0.2, -0.15) is 0 Å². The molecule has 0 aliphatic carbocycles. The molecule has 0 radical (unpaired) electrons. The molecule has 0 heterocycles. The maximum Gasteiger partial charge on any atom is 0.411 e. The maximum atomic E-state index is 11.2. The highest BCUT2D eigenvalue weighted by Crippen LogP contribution is 2.07. The van der Waals surface area contributed by atoms with Crippen LogP contribution in [-0.4, -0.2) is 16.3 Å². The van der Waals surface area contributed by atoms with Crippen LogP contribution in [0.4, 0.5) is 4.79 Å². The van der Waals surface area contributed by atoms with Crippen molar-refractivity contribution in [3.05, 3.63) is 11.8 Å². The SMILES string of the molecule is C/C(=C/C(=N)Br)NC(=O)OC(C)(C)C. The highest BCUT2D eigenvalue weighted by atomic mass is 79.9. The van der Waals surface area contributed by atoms with Crippen LogP contribution in [0.15, 0.2) is 11.8 Å². The third-order valence-corrected chi connectivity index (χ3v) is 1.27. The summed E-state index contributed by atoms with van der Waals surface area (Å²) in [6.07, 6.45) is 0.962. The molecule has 1 amide bonds. The van der Waals surface area contributed by atoms with Gasteiger partial charge in [-0.05, 0) is 49.7 Å². The van der Waals surface area contributed by atoms with Gasteiger partial charge in [0.15, 0.2) is 0 Å². The first-order chi connectivity index (χ1) is 6.20. The summed E-state index contributed by atoms with van der Waals surface area (Å²) >= 11 is 2.94. The fraction of sp³-hybridized carbons (Fsp3) is 0.556. The van der Waals surface area contributed by atoms with E-state index in [9.17, 15) is 4.79 Å². The lowest BCUT2D eigenvalue weighted by molar-refractivity contribution is 0.0546. The minimum absolute atomic E-state index is 0.200. The Hall–Kier alpha value is -0.840. The zero-order chi connectivity index (χ0) is 11.4. The second-order valence-corrected chi connectivity index (χ2v) is 4.66. The molecule has 0 aliphatic heterocycles. The molecule has 0 aromatic rings. The number of allylic oxidation sites excluding steroid dienone is 2. The standard InChI is InChI=1S/C9H15BrN2O2/c1-6(5-7(10)11)12-8(13)14-9(2,3)4/h5,11H,1-4H3,(H,12,13)/b6-5-,11-7?. The van der Waals surface area contributed by atoms with Gasteiger partial charge in [0.05, 0.1) is 4.62 Å². The first-order valence-corrected chi connectivity index (χ1v) is 4.92. The number of halogens is 1. The van der Waals surface area contributed by atoms with E-state index in [2.05, 4.69) is 21.2 Å². The van der Waals surface area contributed by atoms with Crippen molar-refractivity contribution < 1.29 is 9.53 Å². The van der Waals surface area contributed by atoms with Crippen molar-refractivity contribution in [2.45, 2.75) is 33.3 Å². The van der Waals surface area contributed by atoms with Gasteiger partial charge in [-0.15, -0.1) is 0 Å². The molecule has 0 atom stereocenters. The van der Waals surface area contributed by atoms with E-state index in [-0.39, 0.29) is 4.62 Å². The number of carbonyl (C=O) groups is 1. The molecule has 0 unspecified atom stereocenters. The first-order valence-electron chi connectivity index (χ1n) is 4.13. The molecule has 80 valence electrons. The predicted molar refractivity (Wildman–Crippen MR) is 59.8 cm³/mol. The number of hydrogen-bond donors (Lipinski definition) is 2. The molecule has 2 N–H and O–H groups in total. The third-order valence-electron chi connectivity index (χ3n) is 1.04. The number of ether oxygens (including phenoxy) is 1. The van der Waals surface area contributed by atoms with Crippen LogP contribution in [-0.2, 0) is 4.74 Å². The van der Waals surface area contributed by atoms with Crippen LogP contribution in [0.3, 0.4) is 0 Å². The van der Waals surface area contributed by atoms with Gasteiger partial charge < -0.3 is 4.74 Å². The summed E-state index contributed by atoms with van der Waals surface area (Å²) in [5, 5.41) is 9.59. The Morgan fingerprint density at radius 3 is 2.36 bits per heavy atom. The molecular weight excluding hydrogens is 248 g/mol. The van der Waals surface area contributed by atoms with Crippen molar-refractivity contribution in [2.24, 2.45) is 0 Å². The summed E-state index contributed by atoms with van der Waals surface area (Å²) in [7, 11) is 0. The minimum atomic E-state index is -0.514. The van der Waals surface area contributed by atoms with E-state index in [1.807, 2.05) is 0 Å². The van der Waals surface area contributed by atoms with Gasteiger partial charge in [-0.25, -0.2) is 4.79 Å². The Morgan fingerprint density at radius 1 is 1.50 bits per heavy atom. The number of rotatable bonds is 2. The Bertz CT molecular complexity index is 266. The Morgan fingerprint density at radius 2 is 2.00 bits per heavy atom. The zero-order valence-electron chi connectivity index (χ0n) is 8.77. The molecule has 4 nitrogen and oxygen atoms in total. The van der Waals surface area contributed by atoms with E-state index < -0.39 is 11.7 Å². The molecule has 0 spiro atoms. The molecule has 0 saturated carbocycles. The fourth-order valence-corrected chi connectivity index (χ4v) is 1.03. The van der Waals surface area contributed by atoms with Crippen LogP contribution in [0.2, 0.25) is 0 Å². The van der Waals surface area contributed by atoms with Crippen LogP contribution in [0.5, 0.6) is 0 Å². The van der Waals surface area contributed by atoms with E-state index in [1.165, 1.54) is 6.08 Å². The second-order valence-electron chi connectivity index (χ2n) is 3.80. The molecule has 0 fully saturated rings. The molecule has 0 saturated heterocycles. The Kier molecular flexibility index (Phi) is 4.83. The molecule has 0 aromatic heterocycles. The lowest BCUT2D eigenvalue weighted by atomic mass is 10.2. The fourth-order valence-electron chi connectivity index (χ4n) is 0.691. The summed E-state index contributed by atoms with van der Waals surface area (Å²) in [5.74, 6) is 0. The lowest BCUT2D eigenvalue weighted by Crippen LogP contribution is -2.31.